The van der Waals surface area contributed by atoms with E-state index in [4.69, 9.17) is 4.74 Å². The van der Waals surface area contributed by atoms with E-state index in [9.17, 15) is 22.8 Å². The molecule has 1 atom stereocenters. The van der Waals surface area contributed by atoms with E-state index >= 15 is 0 Å². The predicted molar refractivity (Wildman–Crippen MR) is 90.2 cm³/mol. The number of alkyl carbamates (subject to hydrolysis) is 1. The Hall–Kier alpha value is -3.03. The minimum absolute atomic E-state index is 0.00282. The van der Waals surface area contributed by atoms with Gasteiger partial charge in [-0.1, -0.05) is 30.3 Å². The van der Waals surface area contributed by atoms with Crippen LogP contribution in [-0.4, -0.2) is 25.2 Å². The Labute approximate surface area is 154 Å². The molecule has 0 fully saturated rings. The molecule has 2 aromatic rings. The summed E-state index contributed by atoms with van der Waals surface area (Å²) in [5.41, 5.74) is 0.565. The standard InChI is InChI=1S/C19H18F3NO4/c1-26-18(24)9-14(7-13-8-16(21)17(22)10-15(13)20)23-19(25)27-11-12-5-3-2-4-6-12/h2-6,8,10,14H,7,9,11H2,1H3,(H,23,25)/t14-/m0/s1. The number of ether oxygens (including phenoxy) is 2. The van der Waals surface area contributed by atoms with E-state index in [1.54, 1.807) is 24.3 Å². The maximum absolute atomic E-state index is 13.9. The first-order valence-electron chi connectivity index (χ1n) is 8.06. The van der Waals surface area contributed by atoms with Gasteiger partial charge in [0, 0.05) is 12.1 Å². The molecule has 144 valence electrons. The summed E-state index contributed by atoms with van der Waals surface area (Å²) >= 11 is 0. The Morgan fingerprint density at radius 2 is 1.70 bits per heavy atom. The Bertz CT molecular complexity index is 799. The number of nitrogens with one attached hydrogen (secondary N) is 1. The molecular weight excluding hydrogens is 363 g/mol. The summed E-state index contributed by atoms with van der Waals surface area (Å²) in [6, 6.07) is 9.06. The van der Waals surface area contributed by atoms with Gasteiger partial charge in [0.2, 0.25) is 0 Å². The molecule has 0 aliphatic carbocycles. The van der Waals surface area contributed by atoms with Crippen molar-refractivity contribution >= 4 is 12.1 Å². The van der Waals surface area contributed by atoms with Crippen LogP contribution in [0.1, 0.15) is 17.5 Å². The minimum atomic E-state index is -1.32. The fraction of sp³-hybridized carbons (Fsp3) is 0.263. The average molecular weight is 381 g/mol. The summed E-state index contributed by atoms with van der Waals surface area (Å²) in [7, 11) is 1.16. The summed E-state index contributed by atoms with van der Waals surface area (Å²) in [5, 5.41) is 2.42. The van der Waals surface area contributed by atoms with Crippen LogP contribution in [-0.2, 0) is 27.3 Å². The van der Waals surface area contributed by atoms with Gasteiger partial charge in [-0.05, 0) is 23.6 Å². The lowest BCUT2D eigenvalue weighted by atomic mass is 10.0. The zero-order valence-corrected chi connectivity index (χ0v) is 14.5. The summed E-state index contributed by atoms with van der Waals surface area (Å²) in [4.78, 5) is 23.5. The van der Waals surface area contributed by atoms with Crippen molar-refractivity contribution in [3.8, 4) is 0 Å². The highest BCUT2D eigenvalue weighted by molar-refractivity contribution is 5.72. The molecule has 0 unspecified atom stereocenters. The molecule has 2 rings (SSSR count). The van der Waals surface area contributed by atoms with Crippen molar-refractivity contribution in [3.05, 3.63) is 71.0 Å². The molecule has 0 saturated heterocycles. The van der Waals surface area contributed by atoms with Crippen LogP contribution in [0.3, 0.4) is 0 Å². The maximum atomic E-state index is 13.9. The van der Waals surface area contributed by atoms with Gasteiger partial charge >= 0.3 is 12.1 Å². The Balaban J connectivity index is 2.04. The zero-order chi connectivity index (χ0) is 19.8. The lowest BCUT2D eigenvalue weighted by Gasteiger charge is -2.18. The van der Waals surface area contributed by atoms with Crippen LogP contribution in [0.4, 0.5) is 18.0 Å². The van der Waals surface area contributed by atoms with Gasteiger partial charge in [-0.25, -0.2) is 18.0 Å². The molecule has 2 aromatic carbocycles. The van der Waals surface area contributed by atoms with Crippen LogP contribution in [0.2, 0.25) is 0 Å². The van der Waals surface area contributed by atoms with E-state index in [0.717, 1.165) is 12.7 Å². The van der Waals surface area contributed by atoms with Gasteiger partial charge < -0.3 is 14.8 Å². The molecule has 8 heteroatoms. The van der Waals surface area contributed by atoms with Crippen molar-refractivity contribution in [2.75, 3.05) is 7.11 Å². The van der Waals surface area contributed by atoms with Gasteiger partial charge in [-0.2, -0.15) is 0 Å². The normalized spacial score (nSPS) is 11.6. The molecule has 0 heterocycles. The van der Waals surface area contributed by atoms with Gasteiger partial charge in [-0.3, -0.25) is 4.79 Å². The number of esters is 1. The van der Waals surface area contributed by atoms with E-state index in [0.29, 0.717) is 12.1 Å². The first kappa shape index (κ1) is 20.3. The number of rotatable bonds is 7. The second-order valence-corrected chi connectivity index (χ2v) is 5.75. The quantitative estimate of drug-likeness (QED) is 0.589. The largest absolute Gasteiger partial charge is 0.469 e. The third kappa shape index (κ3) is 6.32. The van der Waals surface area contributed by atoms with E-state index in [2.05, 4.69) is 10.1 Å². The van der Waals surface area contributed by atoms with Crippen molar-refractivity contribution in [2.45, 2.75) is 25.5 Å². The van der Waals surface area contributed by atoms with Gasteiger partial charge in [-0.15, -0.1) is 0 Å². The third-order valence-corrected chi connectivity index (χ3v) is 3.73. The van der Waals surface area contributed by atoms with E-state index in [1.165, 1.54) is 0 Å². The molecule has 0 radical (unpaired) electrons. The van der Waals surface area contributed by atoms with E-state index in [-0.39, 0.29) is 25.0 Å². The van der Waals surface area contributed by atoms with Crippen LogP contribution in [0.15, 0.2) is 42.5 Å². The maximum Gasteiger partial charge on any atom is 0.407 e. The third-order valence-electron chi connectivity index (χ3n) is 3.73. The Morgan fingerprint density at radius 3 is 2.37 bits per heavy atom. The first-order chi connectivity index (χ1) is 12.9. The molecule has 0 aromatic heterocycles. The smallest absolute Gasteiger partial charge is 0.407 e. The summed E-state index contributed by atoms with van der Waals surface area (Å²) in [6.45, 7) is -0.00282. The topological polar surface area (TPSA) is 64.6 Å². The summed E-state index contributed by atoms with van der Waals surface area (Å²) < 4.78 is 49.9. The monoisotopic (exact) mass is 381 g/mol. The molecule has 0 saturated carbocycles. The minimum Gasteiger partial charge on any atom is -0.469 e. The van der Waals surface area contributed by atoms with Gasteiger partial charge in [0.15, 0.2) is 11.6 Å². The fourth-order valence-corrected chi connectivity index (χ4v) is 2.38. The highest BCUT2D eigenvalue weighted by Crippen LogP contribution is 2.16. The zero-order valence-electron chi connectivity index (χ0n) is 14.5. The highest BCUT2D eigenvalue weighted by atomic mass is 19.2. The Morgan fingerprint density at radius 1 is 1.04 bits per heavy atom. The van der Waals surface area contributed by atoms with E-state index in [1.807, 2.05) is 6.07 Å². The molecule has 0 aliphatic rings. The SMILES string of the molecule is COC(=O)C[C@H](Cc1cc(F)c(F)cc1F)NC(=O)OCc1ccccc1. The highest BCUT2D eigenvalue weighted by Gasteiger charge is 2.21. The molecule has 1 N–H and O–H groups in total. The number of carbonyl (C=O) groups excluding carboxylic acids is 2. The van der Waals surface area contributed by atoms with Crippen LogP contribution >= 0.6 is 0 Å². The predicted octanol–water partition coefficient (Wildman–Crippen LogP) is 3.50. The van der Waals surface area contributed by atoms with E-state index < -0.39 is 35.6 Å². The second kappa shape index (κ2) is 9.61. The van der Waals surface area contributed by atoms with Crippen LogP contribution in [0, 0.1) is 17.5 Å². The number of benzene rings is 2. The Kier molecular flexibility index (Phi) is 7.22. The molecule has 0 aliphatic heterocycles. The summed E-state index contributed by atoms with van der Waals surface area (Å²) in [6.07, 6.45) is -1.38. The second-order valence-electron chi connectivity index (χ2n) is 5.75. The first-order valence-corrected chi connectivity index (χ1v) is 8.06. The number of hydrogen-bond donors (Lipinski definition) is 1. The number of carbonyl (C=O) groups is 2. The van der Waals surface area contributed by atoms with Crippen molar-refractivity contribution in [1.29, 1.82) is 0 Å². The molecule has 0 spiro atoms. The lowest BCUT2D eigenvalue weighted by Crippen LogP contribution is -2.38. The molecule has 1 amide bonds. The average Bonchev–Trinajstić information content (AvgIpc) is 2.65. The van der Waals surface area contributed by atoms with Crippen molar-refractivity contribution in [2.24, 2.45) is 0 Å². The lowest BCUT2D eigenvalue weighted by molar-refractivity contribution is -0.141. The number of methoxy groups -OCH3 is 1. The van der Waals surface area contributed by atoms with Crippen molar-refractivity contribution < 1.29 is 32.2 Å². The van der Waals surface area contributed by atoms with Crippen LogP contribution < -0.4 is 5.32 Å². The fourth-order valence-electron chi connectivity index (χ4n) is 2.38. The van der Waals surface area contributed by atoms with Crippen molar-refractivity contribution in [1.82, 2.24) is 5.32 Å². The van der Waals surface area contributed by atoms with Crippen LogP contribution in [0.5, 0.6) is 0 Å². The molecule has 27 heavy (non-hydrogen) atoms. The molecule has 5 nitrogen and oxygen atoms in total. The number of amides is 1. The van der Waals surface area contributed by atoms with Crippen LogP contribution in [0.25, 0.3) is 0 Å². The number of hydrogen-bond acceptors (Lipinski definition) is 4. The van der Waals surface area contributed by atoms with Gasteiger partial charge in [0.05, 0.1) is 13.5 Å². The molecule has 0 bridgehead atoms. The van der Waals surface area contributed by atoms with Crippen molar-refractivity contribution in [3.63, 3.8) is 0 Å². The van der Waals surface area contributed by atoms with Gasteiger partial charge in [0.1, 0.15) is 12.4 Å². The number of halogens is 3. The molecular formula is C19H18F3NO4. The summed E-state index contributed by atoms with van der Waals surface area (Å²) in [5.74, 6) is -4.19. The van der Waals surface area contributed by atoms with Gasteiger partial charge in [0.25, 0.3) is 0 Å².